The smallest absolute Gasteiger partial charge is 0.243 e. The summed E-state index contributed by atoms with van der Waals surface area (Å²) in [5.74, 6) is 0.722. The van der Waals surface area contributed by atoms with Crippen LogP contribution in [0.15, 0.2) is 48.5 Å². The van der Waals surface area contributed by atoms with E-state index < -0.39 is 0 Å². The van der Waals surface area contributed by atoms with E-state index in [9.17, 15) is 4.79 Å². The van der Waals surface area contributed by atoms with Gasteiger partial charge in [0, 0.05) is 24.0 Å². The molecular formula is C17H18N2O2. The summed E-state index contributed by atoms with van der Waals surface area (Å²) in [5.41, 5.74) is 3.23. The first kappa shape index (κ1) is 13.5. The molecule has 1 aliphatic rings. The maximum Gasteiger partial charge on any atom is 0.243 e. The molecule has 2 aromatic carbocycles. The fourth-order valence-electron chi connectivity index (χ4n) is 2.65. The Bertz CT molecular complexity index is 655. The average molecular weight is 282 g/mol. The number of hydrogen-bond donors (Lipinski definition) is 1. The van der Waals surface area contributed by atoms with Crippen molar-refractivity contribution in [2.75, 3.05) is 30.4 Å². The highest BCUT2D eigenvalue weighted by Gasteiger charge is 2.20. The molecule has 108 valence electrons. The molecule has 1 amide bonds. The third kappa shape index (κ3) is 2.99. The van der Waals surface area contributed by atoms with Gasteiger partial charge < -0.3 is 15.0 Å². The van der Waals surface area contributed by atoms with E-state index in [1.807, 2.05) is 36.4 Å². The Morgan fingerprint density at radius 1 is 1.24 bits per heavy atom. The summed E-state index contributed by atoms with van der Waals surface area (Å²) in [5, 5.41) is 2.91. The highest BCUT2D eigenvalue weighted by molar-refractivity contribution is 5.94. The van der Waals surface area contributed by atoms with E-state index in [2.05, 4.69) is 22.3 Å². The van der Waals surface area contributed by atoms with Gasteiger partial charge in [0.1, 0.15) is 5.75 Å². The van der Waals surface area contributed by atoms with Crippen LogP contribution in [0.1, 0.15) is 5.56 Å². The van der Waals surface area contributed by atoms with Gasteiger partial charge in [-0.3, -0.25) is 4.79 Å². The predicted octanol–water partition coefficient (Wildman–Crippen LogP) is 2.70. The number of amides is 1. The lowest BCUT2D eigenvalue weighted by molar-refractivity contribution is -0.115. The van der Waals surface area contributed by atoms with Crippen LogP contribution in [0.4, 0.5) is 11.4 Å². The molecule has 4 nitrogen and oxygen atoms in total. The number of nitrogens with one attached hydrogen (secondary N) is 1. The van der Waals surface area contributed by atoms with Gasteiger partial charge in [0.15, 0.2) is 0 Å². The molecule has 4 heteroatoms. The topological polar surface area (TPSA) is 41.6 Å². The van der Waals surface area contributed by atoms with Crippen LogP contribution in [-0.4, -0.2) is 26.1 Å². The lowest BCUT2D eigenvalue weighted by Gasteiger charge is -2.18. The number of nitrogens with zero attached hydrogens (tertiary/aromatic N) is 1. The Labute approximate surface area is 124 Å². The second-order valence-corrected chi connectivity index (χ2v) is 5.08. The molecule has 0 saturated heterocycles. The van der Waals surface area contributed by atoms with Gasteiger partial charge >= 0.3 is 0 Å². The largest absolute Gasteiger partial charge is 0.497 e. The second kappa shape index (κ2) is 5.87. The van der Waals surface area contributed by atoms with Crippen LogP contribution < -0.4 is 15.0 Å². The Kier molecular flexibility index (Phi) is 3.77. The van der Waals surface area contributed by atoms with Crippen LogP contribution >= 0.6 is 0 Å². The normalized spacial score (nSPS) is 12.9. The number of hydrogen-bond acceptors (Lipinski definition) is 3. The van der Waals surface area contributed by atoms with Crippen LogP contribution in [0.25, 0.3) is 0 Å². The van der Waals surface area contributed by atoms with Crippen molar-refractivity contribution in [1.82, 2.24) is 0 Å². The fraction of sp³-hybridized carbons (Fsp3) is 0.235. The fourth-order valence-corrected chi connectivity index (χ4v) is 2.65. The van der Waals surface area contributed by atoms with Crippen molar-refractivity contribution in [2.45, 2.75) is 6.42 Å². The predicted molar refractivity (Wildman–Crippen MR) is 84.0 cm³/mol. The highest BCUT2D eigenvalue weighted by atomic mass is 16.5. The molecule has 0 saturated carbocycles. The molecule has 0 spiro atoms. The van der Waals surface area contributed by atoms with Crippen molar-refractivity contribution < 1.29 is 9.53 Å². The van der Waals surface area contributed by atoms with E-state index in [4.69, 9.17) is 4.74 Å². The second-order valence-electron chi connectivity index (χ2n) is 5.08. The minimum absolute atomic E-state index is 0.0139. The lowest BCUT2D eigenvalue weighted by Crippen LogP contribution is -2.31. The number of carbonyl (C=O) groups excluding carboxylic acids is 1. The molecule has 2 aromatic rings. The Morgan fingerprint density at radius 2 is 2.10 bits per heavy atom. The zero-order chi connectivity index (χ0) is 14.7. The summed E-state index contributed by atoms with van der Waals surface area (Å²) >= 11 is 0. The van der Waals surface area contributed by atoms with Crippen LogP contribution in [0.2, 0.25) is 0 Å². The Hall–Kier alpha value is -2.49. The Morgan fingerprint density at radius 3 is 2.95 bits per heavy atom. The zero-order valence-corrected chi connectivity index (χ0v) is 12.0. The maximum absolute atomic E-state index is 12.2. The highest BCUT2D eigenvalue weighted by Crippen LogP contribution is 2.27. The summed E-state index contributed by atoms with van der Waals surface area (Å²) in [7, 11) is 1.61. The number of methoxy groups -OCH3 is 1. The van der Waals surface area contributed by atoms with Crippen LogP contribution in [-0.2, 0) is 11.2 Å². The minimum atomic E-state index is -0.0139. The van der Waals surface area contributed by atoms with E-state index >= 15 is 0 Å². The monoisotopic (exact) mass is 282 g/mol. The van der Waals surface area contributed by atoms with E-state index in [-0.39, 0.29) is 5.91 Å². The first-order valence-corrected chi connectivity index (χ1v) is 7.03. The quantitative estimate of drug-likeness (QED) is 0.937. The number of rotatable bonds is 4. The van der Waals surface area contributed by atoms with E-state index in [0.29, 0.717) is 6.54 Å². The van der Waals surface area contributed by atoms with Crippen LogP contribution in [0, 0.1) is 0 Å². The summed E-state index contributed by atoms with van der Waals surface area (Å²) in [4.78, 5) is 14.3. The minimum Gasteiger partial charge on any atom is -0.497 e. The van der Waals surface area contributed by atoms with Gasteiger partial charge in [-0.2, -0.15) is 0 Å². The van der Waals surface area contributed by atoms with E-state index in [0.717, 1.165) is 24.4 Å². The number of ether oxygens (including phenoxy) is 1. The third-order valence-corrected chi connectivity index (χ3v) is 3.67. The molecule has 1 N–H and O–H groups in total. The Balaban J connectivity index is 1.65. The van der Waals surface area contributed by atoms with Gasteiger partial charge in [0.2, 0.25) is 5.91 Å². The van der Waals surface area contributed by atoms with Crippen LogP contribution in [0.5, 0.6) is 5.75 Å². The van der Waals surface area contributed by atoms with Gasteiger partial charge in [-0.25, -0.2) is 0 Å². The number of fused-ring (bicyclic) bond motifs is 1. The molecule has 3 rings (SSSR count). The van der Waals surface area contributed by atoms with E-state index in [1.165, 1.54) is 11.3 Å². The molecule has 0 atom stereocenters. The molecule has 21 heavy (non-hydrogen) atoms. The molecule has 1 heterocycles. The number of benzene rings is 2. The standard InChI is InChI=1S/C17H18N2O2/c1-21-15-7-4-6-14(11-15)18-17(20)12-19-10-9-13-5-2-3-8-16(13)19/h2-8,11H,9-10,12H2,1H3,(H,18,20). The molecule has 0 bridgehead atoms. The maximum atomic E-state index is 12.2. The van der Waals surface area contributed by atoms with E-state index in [1.54, 1.807) is 7.11 Å². The van der Waals surface area contributed by atoms with Crippen molar-refractivity contribution in [3.8, 4) is 5.75 Å². The molecule has 1 aliphatic heterocycles. The molecule has 0 aliphatic carbocycles. The van der Waals surface area contributed by atoms with Crippen molar-refractivity contribution in [3.63, 3.8) is 0 Å². The summed E-state index contributed by atoms with van der Waals surface area (Å²) in [6, 6.07) is 15.6. The van der Waals surface area contributed by atoms with Crippen molar-refractivity contribution in [2.24, 2.45) is 0 Å². The zero-order valence-electron chi connectivity index (χ0n) is 12.0. The SMILES string of the molecule is COc1cccc(NC(=O)CN2CCc3ccccc32)c1. The van der Waals surface area contributed by atoms with Crippen molar-refractivity contribution in [3.05, 3.63) is 54.1 Å². The molecular weight excluding hydrogens is 264 g/mol. The molecule has 0 unspecified atom stereocenters. The summed E-state index contributed by atoms with van der Waals surface area (Å²) < 4.78 is 5.15. The summed E-state index contributed by atoms with van der Waals surface area (Å²) in [6.07, 6.45) is 1.00. The summed E-state index contributed by atoms with van der Waals surface area (Å²) in [6.45, 7) is 1.26. The van der Waals surface area contributed by atoms with Crippen LogP contribution in [0.3, 0.4) is 0 Å². The molecule has 0 aromatic heterocycles. The van der Waals surface area contributed by atoms with Gasteiger partial charge in [0.05, 0.1) is 13.7 Å². The number of anilines is 2. The van der Waals surface area contributed by atoms with Crippen molar-refractivity contribution in [1.29, 1.82) is 0 Å². The van der Waals surface area contributed by atoms with Gasteiger partial charge in [-0.15, -0.1) is 0 Å². The van der Waals surface area contributed by atoms with Gasteiger partial charge in [-0.05, 0) is 30.2 Å². The number of para-hydroxylation sites is 1. The third-order valence-electron chi connectivity index (χ3n) is 3.67. The molecule has 0 radical (unpaired) electrons. The van der Waals surface area contributed by atoms with Gasteiger partial charge in [0.25, 0.3) is 0 Å². The first-order chi connectivity index (χ1) is 10.3. The first-order valence-electron chi connectivity index (χ1n) is 7.03. The number of carbonyl (C=O) groups is 1. The average Bonchev–Trinajstić information content (AvgIpc) is 2.91. The lowest BCUT2D eigenvalue weighted by atomic mass is 10.2. The van der Waals surface area contributed by atoms with Gasteiger partial charge in [-0.1, -0.05) is 24.3 Å². The molecule has 0 fully saturated rings. The van der Waals surface area contributed by atoms with Crippen molar-refractivity contribution >= 4 is 17.3 Å².